The van der Waals surface area contributed by atoms with Crippen molar-refractivity contribution in [2.75, 3.05) is 6.54 Å². The van der Waals surface area contributed by atoms with Crippen LogP contribution in [0.15, 0.2) is 42.5 Å². The fourth-order valence-corrected chi connectivity index (χ4v) is 2.82. The van der Waals surface area contributed by atoms with Crippen LogP contribution in [0.4, 0.5) is 5.69 Å². The van der Waals surface area contributed by atoms with Crippen LogP contribution in [0.25, 0.3) is 0 Å². The van der Waals surface area contributed by atoms with Crippen molar-refractivity contribution in [3.05, 3.63) is 69.3 Å². The summed E-state index contributed by atoms with van der Waals surface area (Å²) in [6.07, 6.45) is 1.84. The van der Waals surface area contributed by atoms with Crippen molar-refractivity contribution in [1.82, 2.24) is 5.32 Å². The predicted octanol–water partition coefficient (Wildman–Crippen LogP) is 3.86. The van der Waals surface area contributed by atoms with Crippen LogP contribution in [0.2, 0.25) is 0 Å². The molecule has 0 fully saturated rings. The number of rotatable bonds is 11. The van der Waals surface area contributed by atoms with Crippen molar-refractivity contribution in [2.45, 2.75) is 39.2 Å². The van der Waals surface area contributed by atoms with Gasteiger partial charge in [-0.3, -0.25) is 19.7 Å². The molecule has 0 radical (unpaired) electrons. The van der Waals surface area contributed by atoms with E-state index >= 15 is 0 Å². The first-order valence-electron chi connectivity index (χ1n) is 9.35. The molecule has 0 heterocycles. The fraction of sp³-hybridized carbons (Fsp3) is 0.333. The Labute approximate surface area is 168 Å². The van der Waals surface area contributed by atoms with Crippen molar-refractivity contribution in [2.24, 2.45) is 0 Å². The average Bonchev–Trinajstić information content (AvgIpc) is 2.69. The van der Waals surface area contributed by atoms with E-state index in [1.807, 2.05) is 30.3 Å². The molecule has 0 bridgehead atoms. The number of nitrogens with one attached hydrogen (secondary N) is 1. The van der Waals surface area contributed by atoms with Gasteiger partial charge in [-0.25, -0.2) is 0 Å². The summed E-state index contributed by atoms with van der Waals surface area (Å²) in [5, 5.41) is 22.9. The first kappa shape index (κ1) is 21.9. The van der Waals surface area contributed by atoms with Crippen molar-refractivity contribution in [1.29, 1.82) is 0 Å². The number of ether oxygens (including phenoxy) is 1. The maximum atomic E-state index is 12.5. The fourth-order valence-electron chi connectivity index (χ4n) is 2.82. The second-order valence-electron chi connectivity index (χ2n) is 6.60. The lowest BCUT2D eigenvalue weighted by Gasteiger charge is -2.13. The first-order chi connectivity index (χ1) is 13.9. The molecule has 1 amide bonds. The Morgan fingerprint density at radius 1 is 1.10 bits per heavy atom. The summed E-state index contributed by atoms with van der Waals surface area (Å²) in [4.78, 5) is 34.0. The summed E-state index contributed by atoms with van der Waals surface area (Å²) in [7, 11) is 0. The number of amides is 1. The average molecular weight is 400 g/mol. The monoisotopic (exact) mass is 400 g/mol. The zero-order valence-electron chi connectivity index (χ0n) is 16.2. The number of carbonyl (C=O) groups excluding carboxylic acids is 1. The SMILES string of the molecule is Cc1ccc(C(=O)NCCCCCC(=O)O)c([N+](=O)[O-])c1OCc1ccccc1. The zero-order chi connectivity index (χ0) is 21.2. The van der Waals surface area contributed by atoms with Crippen molar-refractivity contribution in [3.8, 4) is 5.75 Å². The van der Waals surface area contributed by atoms with E-state index in [0.717, 1.165) is 5.56 Å². The largest absolute Gasteiger partial charge is 0.482 e. The molecule has 154 valence electrons. The third-order valence-electron chi connectivity index (χ3n) is 4.33. The highest BCUT2D eigenvalue weighted by molar-refractivity contribution is 5.99. The van der Waals surface area contributed by atoms with Crippen molar-refractivity contribution < 1.29 is 24.4 Å². The number of hydrogen-bond donors (Lipinski definition) is 2. The van der Waals surface area contributed by atoms with Gasteiger partial charge >= 0.3 is 11.7 Å². The van der Waals surface area contributed by atoms with Gasteiger partial charge in [0, 0.05) is 13.0 Å². The van der Waals surface area contributed by atoms with Gasteiger partial charge in [0.25, 0.3) is 5.91 Å². The molecule has 0 aromatic heterocycles. The summed E-state index contributed by atoms with van der Waals surface area (Å²) < 4.78 is 5.71. The summed E-state index contributed by atoms with van der Waals surface area (Å²) in [5.41, 5.74) is 1.01. The van der Waals surface area contributed by atoms with E-state index in [4.69, 9.17) is 9.84 Å². The van der Waals surface area contributed by atoms with Crippen LogP contribution in [0.3, 0.4) is 0 Å². The minimum atomic E-state index is -0.854. The second-order valence-corrected chi connectivity index (χ2v) is 6.60. The molecular formula is C21H24N2O6. The summed E-state index contributed by atoms with van der Waals surface area (Å²) in [6, 6.07) is 12.3. The van der Waals surface area contributed by atoms with Crippen LogP contribution in [0.1, 0.15) is 47.2 Å². The molecular weight excluding hydrogens is 376 g/mol. The van der Waals surface area contributed by atoms with E-state index in [-0.39, 0.29) is 30.0 Å². The van der Waals surface area contributed by atoms with Gasteiger partial charge in [-0.05, 0) is 37.0 Å². The first-order valence-corrected chi connectivity index (χ1v) is 9.35. The minimum absolute atomic E-state index is 0.0609. The molecule has 0 aliphatic heterocycles. The number of aliphatic carboxylic acids is 1. The Hall–Kier alpha value is -3.42. The Kier molecular flexibility index (Phi) is 8.14. The second kappa shape index (κ2) is 10.8. The minimum Gasteiger partial charge on any atom is -0.482 e. The van der Waals surface area contributed by atoms with E-state index in [1.165, 1.54) is 6.07 Å². The summed E-state index contributed by atoms with van der Waals surface area (Å²) in [5.74, 6) is -1.33. The van der Waals surface area contributed by atoms with E-state index in [0.29, 0.717) is 31.4 Å². The maximum Gasteiger partial charge on any atom is 0.323 e. The lowest BCUT2D eigenvalue weighted by Crippen LogP contribution is -2.25. The Morgan fingerprint density at radius 2 is 1.83 bits per heavy atom. The quantitative estimate of drug-likeness (QED) is 0.336. The lowest BCUT2D eigenvalue weighted by molar-refractivity contribution is -0.386. The number of nitrogens with zero attached hydrogens (tertiary/aromatic N) is 1. The molecule has 0 spiro atoms. The molecule has 8 nitrogen and oxygen atoms in total. The number of benzene rings is 2. The van der Waals surface area contributed by atoms with Gasteiger partial charge in [-0.15, -0.1) is 0 Å². The topological polar surface area (TPSA) is 119 Å². The van der Waals surface area contributed by atoms with Gasteiger partial charge in [-0.2, -0.15) is 0 Å². The van der Waals surface area contributed by atoms with Crippen LogP contribution in [-0.4, -0.2) is 28.5 Å². The number of carbonyl (C=O) groups is 2. The summed E-state index contributed by atoms with van der Waals surface area (Å²) >= 11 is 0. The van der Waals surface area contributed by atoms with Gasteiger partial charge in [0.2, 0.25) is 5.75 Å². The molecule has 0 saturated heterocycles. The standard InChI is InChI=1S/C21H24N2O6/c1-15-11-12-17(21(26)22-13-7-3-6-10-18(24)25)19(23(27)28)20(15)29-14-16-8-4-2-5-9-16/h2,4-5,8-9,11-12H,3,6-7,10,13-14H2,1H3,(H,22,26)(H,24,25). The molecule has 0 aliphatic rings. The van der Waals surface area contributed by atoms with Gasteiger partial charge in [0.05, 0.1) is 4.92 Å². The highest BCUT2D eigenvalue weighted by atomic mass is 16.6. The molecule has 0 unspecified atom stereocenters. The van der Waals surface area contributed by atoms with Crippen molar-refractivity contribution in [3.63, 3.8) is 0 Å². The lowest BCUT2D eigenvalue weighted by atomic mass is 10.1. The van der Waals surface area contributed by atoms with Crippen LogP contribution in [-0.2, 0) is 11.4 Å². The molecule has 2 N–H and O–H groups in total. The molecule has 0 aliphatic carbocycles. The third kappa shape index (κ3) is 6.60. The maximum absolute atomic E-state index is 12.5. The Balaban J connectivity index is 2.08. The molecule has 2 rings (SSSR count). The zero-order valence-corrected chi connectivity index (χ0v) is 16.2. The number of hydrogen-bond acceptors (Lipinski definition) is 5. The number of aryl methyl sites for hydroxylation is 1. The van der Waals surface area contributed by atoms with Crippen LogP contribution in [0, 0.1) is 17.0 Å². The Morgan fingerprint density at radius 3 is 2.48 bits per heavy atom. The molecule has 0 atom stereocenters. The van der Waals surface area contributed by atoms with Crippen molar-refractivity contribution >= 4 is 17.6 Å². The Bertz CT molecular complexity index is 867. The van der Waals surface area contributed by atoms with Crippen LogP contribution >= 0.6 is 0 Å². The van der Waals surface area contributed by atoms with E-state index in [9.17, 15) is 19.7 Å². The molecule has 8 heteroatoms. The molecule has 2 aromatic rings. The van der Waals surface area contributed by atoms with Crippen LogP contribution in [0.5, 0.6) is 5.75 Å². The van der Waals surface area contributed by atoms with Gasteiger partial charge in [0.1, 0.15) is 12.2 Å². The predicted molar refractivity (Wildman–Crippen MR) is 107 cm³/mol. The third-order valence-corrected chi connectivity index (χ3v) is 4.33. The van der Waals surface area contributed by atoms with Crippen LogP contribution < -0.4 is 10.1 Å². The number of nitro groups is 1. The van der Waals surface area contributed by atoms with Gasteiger partial charge in [-0.1, -0.05) is 42.8 Å². The number of carboxylic acids is 1. The number of carboxylic acid groups (broad SMARTS) is 1. The number of nitro benzene ring substituents is 1. The number of unbranched alkanes of at least 4 members (excludes halogenated alkanes) is 2. The normalized spacial score (nSPS) is 10.4. The van der Waals surface area contributed by atoms with Gasteiger partial charge < -0.3 is 15.2 Å². The highest BCUT2D eigenvalue weighted by Gasteiger charge is 2.27. The van der Waals surface area contributed by atoms with E-state index < -0.39 is 16.8 Å². The molecule has 2 aromatic carbocycles. The van der Waals surface area contributed by atoms with E-state index in [2.05, 4.69) is 5.32 Å². The summed E-state index contributed by atoms with van der Waals surface area (Å²) in [6.45, 7) is 2.15. The van der Waals surface area contributed by atoms with Gasteiger partial charge in [0.15, 0.2) is 0 Å². The highest BCUT2D eigenvalue weighted by Crippen LogP contribution is 2.35. The molecule has 0 saturated carbocycles. The smallest absolute Gasteiger partial charge is 0.323 e. The molecule has 29 heavy (non-hydrogen) atoms. The van der Waals surface area contributed by atoms with E-state index in [1.54, 1.807) is 13.0 Å².